The van der Waals surface area contributed by atoms with Crippen LogP contribution in [0.5, 0.6) is 0 Å². The van der Waals surface area contributed by atoms with Crippen molar-refractivity contribution in [2.45, 2.75) is 38.4 Å². The molecule has 0 aliphatic carbocycles. The van der Waals surface area contributed by atoms with Gasteiger partial charge in [0, 0.05) is 38.0 Å². The lowest BCUT2D eigenvalue weighted by Gasteiger charge is -2.48. The third kappa shape index (κ3) is 3.35. The maximum absolute atomic E-state index is 13.2. The Morgan fingerprint density at radius 1 is 1.13 bits per heavy atom. The minimum Gasteiger partial charge on any atom is -0.341 e. The van der Waals surface area contributed by atoms with E-state index in [4.69, 9.17) is 11.6 Å². The smallest absolute Gasteiger partial charge is 0.257 e. The van der Waals surface area contributed by atoms with Gasteiger partial charge >= 0.3 is 0 Å². The zero-order chi connectivity index (χ0) is 21.5. The zero-order valence-electron chi connectivity index (χ0n) is 17.1. The van der Waals surface area contributed by atoms with Crippen molar-refractivity contribution in [3.8, 4) is 0 Å². The molecule has 2 heterocycles. The summed E-state index contributed by atoms with van der Waals surface area (Å²) in [6.45, 7) is 2.56. The van der Waals surface area contributed by atoms with Crippen LogP contribution in [0.25, 0.3) is 0 Å². The summed E-state index contributed by atoms with van der Waals surface area (Å²) >= 11 is 6.20. The van der Waals surface area contributed by atoms with Crippen LogP contribution in [0.1, 0.15) is 42.1 Å². The van der Waals surface area contributed by atoms with E-state index >= 15 is 0 Å². The van der Waals surface area contributed by atoms with E-state index in [2.05, 4.69) is 0 Å². The third-order valence-corrected chi connectivity index (χ3v) is 6.45. The quantitative estimate of drug-likeness (QED) is 0.734. The van der Waals surface area contributed by atoms with Crippen molar-refractivity contribution < 1.29 is 14.4 Å². The van der Waals surface area contributed by atoms with Crippen LogP contribution in [0.4, 0.5) is 5.69 Å². The lowest BCUT2D eigenvalue weighted by Crippen LogP contribution is -2.62. The van der Waals surface area contributed by atoms with Crippen LogP contribution in [0.3, 0.4) is 0 Å². The number of hydrogen-bond donors (Lipinski definition) is 0. The molecule has 156 valence electrons. The van der Waals surface area contributed by atoms with Crippen LogP contribution in [-0.2, 0) is 16.1 Å². The molecule has 1 unspecified atom stereocenters. The van der Waals surface area contributed by atoms with Gasteiger partial charge in [-0.2, -0.15) is 0 Å². The molecule has 2 aliphatic rings. The molecule has 0 bridgehead atoms. The van der Waals surface area contributed by atoms with Crippen molar-refractivity contribution in [3.05, 3.63) is 64.7 Å². The summed E-state index contributed by atoms with van der Waals surface area (Å²) in [6.07, 6.45) is 1.11. The van der Waals surface area contributed by atoms with Gasteiger partial charge in [-0.1, -0.05) is 41.9 Å². The number of carbonyl (C=O) groups is 3. The van der Waals surface area contributed by atoms with Gasteiger partial charge in [0.1, 0.15) is 5.66 Å². The molecule has 0 saturated carbocycles. The molecule has 30 heavy (non-hydrogen) atoms. The molecular weight excluding hydrogens is 402 g/mol. The van der Waals surface area contributed by atoms with Crippen LogP contribution in [0, 0.1) is 0 Å². The highest BCUT2D eigenvalue weighted by molar-refractivity contribution is 6.31. The number of halogens is 1. The Bertz CT molecular complexity index is 1020. The van der Waals surface area contributed by atoms with E-state index in [0.29, 0.717) is 35.7 Å². The highest BCUT2D eigenvalue weighted by Crippen LogP contribution is 2.43. The second-order valence-corrected chi connectivity index (χ2v) is 8.42. The molecule has 1 atom stereocenters. The number of anilines is 1. The van der Waals surface area contributed by atoms with Gasteiger partial charge in [0.25, 0.3) is 5.91 Å². The topological polar surface area (TPSA) is 60.9 Å². The summed E-state index contributed by atoms with van der Waals surface area (Å²) in [5.74, 6) is -0.216. The van der Waals surface area contributed by atoms with E-state index in [1.54, 1.807) is 39.9 Å². The molecule has 0 aromatic heterocycles. The van der Waals surface area contributed by atoms with Crippen LogP contribution in [0.2, 0.25) is 5.02 Å². The van der Waals surface area contributed by atoms with E-state index in [9.17, 15) is 14.4 Å². The number of para-hydroxylation sites is 1. The first-order valence-corrected chi connectivity index (χ1v) is 10.4. The van der Waals surface area contributed by atoms with Crippen LogP contribution in [0.15, 0.2) is 48.5 Å². The van der Waals surface area contributed by atoms with Gasteiger partial charge in [-0.3, -0.25) is 19.3 Å². The predicted molar refractivity (Wildman–Crippen MR) is 115 cm³/mol. The predicted octanol–water partition coefficient (Wildman–Crippen LogP) is 3.69. The molecule has 4 rings (SSSR count). The fourth-order valence-electron chi connectivity index (χ4n) is 4.41. The summed E-state index contributed by atoms with van der Waals surface area (Å²) in [6, 6.07) is 14.6. The molecule has 3 amide bonds. The van der Waals surface area contributed by atoms with Crippen LogP contribution in [-0.4, -0.2) is 46.8 Å². The van der Waals surface area contributed by atoms with E-state index in [1.807, 2.05) is 37.3 Å². The number of hydrogen-bond acceptors (Lipinski definition) is 3. The normalized spacial score (nSPS) is 20.2. The Morgan fingerprint density at radius 3 is 2.60 bits per heavy atom. The van der Waals surface area contributed by atoms with Gasteiger partial charge in [0.15, 0.2) is 0 Å². The standard InChI is InChI=1S/C23H24ClN3O3/c1-23-13-11-21(29)27(23)19-10-6-4-8-17(19)22(30)26(23)14-12-20(28)25(2)15-16-7-3-5-9-18(16)24/h3-10H,11-15H2,1-2H3. The number of nitrogens with zero attached hydrogens (tertiary/aromatic N) is 3. The lowest BCUT2D eigenvalue weighted by molar-refractivity contribution is -0.130. The number of amides is 3. The fourth-order valence-corrected chi connectivity index (χ4v) is 4.61. The second kappa shape index (κ2) is 7.76. The Hall–Kier alpha value is -2.86. The largest absolute Gasteiger partial charge is 0.341 e. The van der Waals surface area contributed by atoms with E-state index in [-0.39, 0.29) is 30.7 Å². The van der Waals surface area contributed by atoms with E-state index in [0.717, 1.165) is 5.56 Å². The lowest BCUT2D eigenvalue weighted by atomic mass is 9.98. The van der Waals surface area contributed by atoms with Gasteiger partial charge in [0.2, 0.25) is 11.8 Å². The van der Waals surface area contributed by atoms with Gasteiger partial charge in [-0.25, -0.2) is 0 Å². The van der Waals surface area contributed by atoms with Crippen molar-refractivity contribution in [2.75, 3.05) is 18.5 Å². The molecule has 6 nitrogen and oxygen atoms in total. The Kier molecular flexibility index (Phi) is 5.28. The van der Waals surface area contributed by atoms with Crippen molar-refractivity contribution >= 4 is 35.0 Å². The van der Waals surface area contributed by atoms with E-state index in [1.165, 1.54) is 0 Å². The molecule has 2 aromatic rings. The highest BCUT2D eigenvalue weighted by Gasteiger charge is 2.52. The van der Waals surface area contributed by atoms with Crippen molar-refractivity contribution in [1.82, 2.24) is 9.80 Å². The number of carbonyl (C=O) groups excluding carboxylic acids is 3. The Balaban J connectivity index is 1.51. The first-order chi connectivity index (χ1) is 14.3. The minimum absolute atomic E-state index is 0.00427. The van der Waals surface area contributed by atoms with Gasteiger partial charge in [0.05, 0.1) is 11.3 Å². The second-order valence-electron chi connectivity index (χ2n) is 8.01. The van der Waals surface area contributed by atoms with Gasteiger partial charge < -0.3 is 9.80 Å². The average Bonchev–Trinajstić information content (AvgIpc) is 3.04. The monoisotopic (exact) mass is 425 g/mol. The highest BCUT2D eigenvalue weighted by atomic mass is 35.5. The Labute approximate surface area is 181 Å². The van der Waals surface area contributed by atoms with Gasteiger partial charge in [-0.15, -0.1) is 0 Å². The molecule has 0 N–H and O–H groups in total. The number of benzene rings is 2. The molecule has 0 radical (unpaired) electrons. The molecule has 2 aromatic carbocycles. The zero-order valence-corrected chi connectivity index (χ0v) is 17.9. The van der Waals surface area contributed by atoms with Crippen molar-refractivity contribution in [3.63, 3.8) is 0 Å². The van der Waals surface area contributed by atoms with Crippen LogP contribution < -0.4 is 4.90 Å². The van der Waals surface area contributed by atoms with Crippen molar-refractivity contribution in [2.24, 2.45) is 0 Å². The molecule has 7 heteroatoms. The summed E-state index contributed by atoms with van der Waals surface area (Å²) < 4.78 is 0. The molecule has 0 spiro atoms. The van der Waals surface area contributed by atoms with Gasteiger partial charge in [-0.05, 0) is 37.1 Å². The average molecular weight is 426 g/mol. The third-order valence-electron chi connectivity index (χ3n) is 6.09. The number of fused-ring (bicyclic) bond motifs is 3. The first kappa shape index (κ1) is 20.4. The summed E-state index contributed by atoms with van der Waals surface area (Å²) in [7, 11) is 1.73. The molecule has 2 aliphatic heterocycles. The summed E-state index contributed by atoms with van der Waals surface area (Å²) in [4.78, 5) is 43.6. The molecule has 1 fully saturated rings. The minimum atomic E-state index is -0.746. The SMILES string of the molecule is CN(Cc1ccccc1Cl)C(=O)CCN1C(=O)c2ccccc2N2C(=O)CCC12C. The first-order valence-electron chi connectivity index (χ1n) is 10.0. The molecular formula is C23H24ClN3O3. The summed E-state index contributed by atoms with van der Waals surface area (Å²) in [5.41, 5.74) is 1.29. The maximum atomic E-state index is 13.2. The Morgan fingerprint density at radius 2 is 1.83 bits per heavy atom. The van der Waals surface area contributed by atoms with E-state index < -0.39 is 5.66 Å². The van der Waals surface area contributed by atoms with Crippen LogP contribution >= 0.6 is 11.6 Å². The van der Waals surface area contributed by atoms with Crippen molar-refractivity contribution in [1.29, 1.82) is 0 Å². The fraction of sp³-hybridized carbons (Fsp3) is 0.348. The maximum Gasteiger partial charge on any atom is 0.257 e. The molecule has 1 saturated heterocycles. The summed E-state index contributed by atoms with van der Waals surface area (Å²) in [5, 5.41) is 0.618. The number of rotatable bonds is 5.